The summed E-state index contributed by atoms with van der Waals surface area (Å²) < 4.78 is 0. The van der Waals surface area contributed by atoms with E-state index in [2.05, 4.69) is 17.2 Å². The Balaban J connectivity index is 1.81. The van der Waals surface area contributed by atoms with Crippen LogP contribution in [0.1, 0.15) is 23.6 Å². The second kappa shape index (κ2) is 7.53. The minimum atomic E-state index is -0.444. The zero-order valence-electron chi connectivity index (χ0n) is 14.4. The maximum atomic E-state index is 12.2. The molecule has 1 heterocycles. The first-order valence-corrected chi connectivity index (χ1v) is 8.91. The lowest BCUT2D eigenvalue weighted by molar-refractivity contribution is -0.384. The minimum Gasteiger partial charge on any atom is -0.300 e. The van der Waals surface area contributed by atoms with Crippen molar-refractivity contribution in [2.45, 2.75) is 20.3 Å². The number of hydrogen-bond acceptors (Lipinski definition) is 5. The van der Waals surface area contributed by atoms with Gasteiger partial charge in [0.05, 0.1) is 15.5 Å². The number of nitro groups is 1. The number of carbonyl (C=O) groups excluding carboxylic acids is 1. The first kappa shape index (κ1) is 17.9. The quantitative estimate of drug-likeness (QED) is 0.494. The van der Waals surface area contributed by atoms with Crippen molar-refractivity contribution in [2.75, 3.05) is 0 Å². The molecule has 0 atom stereocenters. The molecule has 0 unspecified atom stereocenters. The van der Waals surface area contributed by atoms with E-state index in [4.69, 9.17) is 0 Å². The molecule has 3 rings (SSSR count). The highest BCUT2D eigenvalue weighted by molar-refractivity contribution is 8.18. The topological polar surface area (TPSA) is 84.6 Å². The fourth-order valence-electron chi connectivity index (χ4n) is 2.47. The van der Waals surface area contributed by atoms with E-state index in [9.17, 15) is 14.9 Å². The summed E-state index contributed by atoms with van der Waals surface area (Å²) in [6.45, 7) is 3.84. The Hall–Kier alpha value is -2.93. The Morgan fingerprint density at radius 1 is 1.23 bits per heavy atom. The molecule has 1 saturated heterocycles. The van der Waals surface area contributed by atoms with Crippen LogP contribution in [-0.2, 0) is 11.2 Å². The lowest BCUT2D eigenvalue weighted by atomic mass is 10.1. The van der Waals surface area contributed by atoms with Gasteiger partial charge < -0.3 is 5.32 Å². The van der Waals surface area contributed by atoms with Crippen LogP contribution in [0.2, 0.25) is 0 Å². The zero-order valence-corrected chi connectivity index (χ0v) is 15.2. The van der Waals surface area contributed by atoms with Gasteiger partial charge in [-0.15, -0.1) is 0 Å². The van der Waals surface area contributed by atoms with Gasteiger partial charge in [0.25, 0.3) is 11.6 Å². The Bertz CT molecular complexity index is 934. The fourth-order valence-corrected chi connectivity index (χ4v) is 3.30. The standard InChI is InChI=1S/C19H17N3O3S/c1-3-13-4-6-14(7-5-13)11-17-18(23)21-19(26-17)20-16-9-8-15(22(24)25)10-12(16)2/h4-11H,3H2,1-2H3,(H,20,21,23)/b17-11-. The van der Waals surface area contributed by atoms with Gasteiger partial charge in [-0.25, -0.2) is 4.99 Å². The number of hydrogen-bond donors (Lipinski definition) is 1. The molecular weight excluding hydrogens is 350 g/mol. The van der Waals surface area contributed by atoms with Crippen molar-refractivity contribution in [3.05, 3.63) is 74.2 Å². The second-order valence-corrected chi connectivity index (χ2v) is 6.84. The molecule has 2 aromatic carbocycles. The van der Waals surface area contributed by atoms with Crippen molar-refractivity contribution in [3.8, 4) is 0 Å². The fraction of sp³-hybridized carbons (Fsp3) is 0.158. The van der Waals surface area contributed by atoms with Gasteiger partial charge in [-0.3, -0.25) is 14.9 Å². The van der Waals surface area contributed by atoms with Crippen LogP contribution in [0.5, 0.6) is 0 Å². The molecule has 0 aliphatic carbocycles. The van der Waals surface area contributed by atoms with Crippen molar-refractivity contribution < 1.29 is 9.72 Å². The number of amidine groups is 1. The van der Waals surface area contributed by atoms with E-state index in [0.29, 0.717) is 21.3 Å². The number of aryl methyl sites for hydroxylation is 2. The van der Waals surface area contributed by atoms with Crippen LogP contribution in [0.3, 0.4) is 0 Å². The number of amides is 1. The Morgan fingerprint density at radius 3 is 2.58 bits per heavy atom. The van der Waals surface area contributed by atoms with E-state index in [1.54, 1.807) is 13.0 Å². The molecule has 7 heteroatoms. The van der Waals surface area contributed by atoms with Gasteiger partial charge in [-0.2, -0.15) is 0 Å². The highest BCUT2D eigenvalue weighted by atomic mass is 32.2. The van der Waals surface area contributed by atoms with Crippen molar-refractivity contribution in [2.24, 2.45) is 4.99 Å². The summed E-state index contributed by atoms with van der Waals surface area (Å²) in [7, 11) is 0. The lowest BCUT2D eigenvalue weighted by Gasteiger charge is -2.01. The van der Waals surface area contributed by atoms with Gasteiger partial charge in [0.15, 0.2) is 5.17 Å². The van der Waals surface area contributed by atoms with Crippen molar-refractivity contribution in [1.29, 1.82) is 0 Å². The molecule has 6 nitrogen and oxygen atoms in total. The average molecular weight is 367 g/mol. The summed E-state index contributed by atoms with van der Waals surface area (Å²) in [6.07, 6.45) is 2.79. The molecule has 26 heavy (non-hydrogen) atoms. The summed E-state index contributed by atoms with van der Waals surface area (Å²) in [5, 5.41) is 14.0. The molecule has 2 aromatic rings. The number of non-ortho nitro benzene ring substituents is 1. The third-order valence-corrected chi connectivity index (χ3v) is 4.86. The molecule has 0 spiro atoms. The predicted octanol–water partition coefficient (Wildman–Crippen LogP) is 4.36. The van der Waals surface area contributed by atoms with E-state index in [0.717, 1.165) is 12.0 Å². The monoisotopic (exact) mass is 367 g/mol. The van der Waals surface area contributed by atoms with Crippen LogP contribution in [0.25, 0.3) is 6.08 Å². The van der Waals surface area contributed by atoms with E-state index >= 15 is 0 Å². The molecule has 1 N–H and O–H groups in total. The summed E-state index contributed by atoms with van der Waals surface area (Å²) >= 11 is 1.25. The van der Waals surface area contributed by atoms with E-state index < -0.39 is 4.92 Å². The number of benzene rings is 2. The molecule has 0 aromatic heterocycles. The Kier molecular flexibility index (Phi) is 5.18. The maximum absolute atomic E-state index is 12.2. The molecule has 1 aliphatic heterocycles. The van der Waals surface area contributed by atoms with Gasteiger partial charge in [0.1, 0.15) is 0 Å². The summed E-state index contributed by atoms with van der Waals surface area (Å²) in [5.41, 5.74) is 3.48. The van der Waals surface area contributed by atoms with Crippen LogP contribution in [0.4, 0.5) is 11.4 Å². The van der Waals surface area contributed by atoms with Gasteiger partial charge in [-0.1, -0.05) is 31.2 Å². The molecule has 0 radical (unpaired) electrons. The van der Waals surface area contributed by atoms with Gasteiger partial charge in [0, 0.05) is 12.1 Å². The highest BCUT2D eigenvalue weighted by Gasteiger charge is 2.24. The number of nitrogens with zero attached hydrogens (tertiary/aromatic N) is 2. The van der Waals surface area contributed by atoms with Gasteiger partial charge in [0.2, 0.25) is 0 Å². The molecule has 1 aliphatic rings. The summed E-state index contributed by atoms with van der Waals surface area (Å²) in [6, 6.07) is 12.5. The smallest absolute Gasteiger partial charge is 0.269 e. The maximum Gasteiger partial charge on any atom is 0.269 e. The normalized spacial score (nSPS) is 16.9. The van der Waals surface area contributed by atoms with Crippen molar-refractivity contribution in [1.82, 2.24) is 5.32 Å². The first-order chi connectivity index (χ1) is 12.5. The average Bonchev–Trinajstić information content (AvgIpc) is 2.96. The van der Waals surface area contributed by atoms with E-state index in [1.807, 2.05) is 30.3 Å². The van der Waals surface area contributed by atoms with Crippen molar-refractivity contribution >= 4 is 40.3 Å². The van der Waals surface area contributed by atoms with Crippen LogP contribution in [-0.4, -0.2) is 16.0 Å². The number of carbonyl (C=O) groups is 1. The first-order valence-electron chi connectivity index (χ1n) is 8.10. The van der Waals surface area contributed by atoms with Gasteiger partial charge >= 0.3 is 0 Å². The predicted molar refractivity (Wildman–Crippen MR) is 104 cm³/mol. The zero-order chi connectivity index (χ0) is 18.7. The largest absolute Gasteiger partial charge is 0.300 e. The minimum absolute atomic E-state index is 0.0191. The number of rotatable bonds is 4. The van der Waals surface area contributed by atoms with Crippen molar-refractivity contribution in [3.63, 3.8) is 0 Å². The molecule has 1 amide bonds. The Morgan fingerprint density at radius 2 is 1.96 bits per heavy atom. The number of nitrogens with one attached hydrogen (secondary N) is 1. The highest BCUT2D eigenvalue weighted by Crippen LogP contribution is 2.30. The third kappa shape index (κ3) is 4.00. The molecule has 132 valence electrons. The SMILES string of the molecule is CCc1ccc(/C=C2\SC(=Nc3ccc([N+](=O)[O-])cc3C)NC2=O)cc1. The molecule has 1 fully saturated rings. The second-order valence-electron chi connectivity index (χ2n) is 5.80. The molecule has 0 saturated carbocycles. The van der Waals surface area contributed by atoms with Crippen LogP contribution < -0.4 is 5.32 Å². The lowest BCUT2D eigenvalue weighted by Crippen LogP contribution is -2.19. The number of aliphatic imine (C=N–C) groups is 1. The molecular formula is C19H17N3O3S. The van der Waals surface area contributed by atoms with E-state index in [-0.39, 0.29) is 11.6 Å². The summed E-state index contributed by atoms with van der Waals surface area (Å²) in [4.78, 5) is 27.5. The van der Waals surface area contributed by atoms with E-state index in [1.165, 1.54) is 29.5 Å². The number of thioether (sulfide) groups is 1. The van der Waals surface area contributed by atoms with Crippen LogP contribution in [0.15, 0.2) is 52.4 Å². The van der Waals surface area contributed by atoms with Crippen LogP contribution in [0, 0.1) is 17.0 Å². The molecule has 0 bridgehead atoms. The number of nitro benzene ring substituents is 1. The summed E-state index contributed by atoms with van der Waals surface area (Å²) in [5.74, 6) is -0.201. The Labute approximate surface area is 155 Å². The van der Waals surface area contributed by atoms with Gasteiger partial charge in [-0.05, 0) is 53.9 Å². The van der Waals surface area contributed by atoms with Crippen LogP contribution >= 0.6 is 11.8 Å². The third-order valence-electron chi connectivity index (χ3n) is 3.95.